The maximum atomic E-state index is 10.4. The standard InChI is InChI=1S/C7H5O2.O.Sb/c8-7(9)6-4-2-1-3-5-6;;/h2-5H,(H,8,9);;. The van der Waals surface area contributed by atoms with Crippen LogP contribution < -0.4 is 3.51 Å². The zero-order valence-corrected chi connectivity index (χ0v) is 8.07. The van der Waals surface area contributed by atoms with Gasteiger partial charge < -0.3 is 0 Å². The summed E-state index contributed by atoms with van der Waals surface area (Å²) >= 11 is -1.48. The second-order valence-electron chi connectivity index (χ2n) is 1.94. The molecule has 1 aromatic rings. The summed E-state index contributed by atoms with van der Waals surface area (Å²) in [6.07, 6.45) is 0. The first kappa shape index (κ1) is 8.41. The molecule has 1 rings (SSSR count). The van der Waals surface area contributed by atoms with Gasteiger partial charge in [-0.05, 0) is 0 Å². The number of hydrogen-bond donors (Lipinski definition) is 1. The monoisotopic (exact) mass is 258 g/mol. The number of benzene rings is 1. The molecule has 1 aromatic carbocycles. The van der Waals surface area contributed by atoms with Gasteiger partial charge in [-0.3, -0.25) is 0 Å². The average molecular weight is 259 g/mol. The van der Waals surface area contributed by atoms with E-state index in [0.717, 1.165) is 3.51 Å². The molecular weight excluding hydrogens is 254 g/mol. The van der Waals surface area contributed by atoms with Crippen molar-refractivity contribution in [2.24, 2.45) is 0 Å². The first-order chi connectivity index (χ1) is 5.24. The van der Waals surface area contributed by atoms with Gasteiger partial charge in [0.2, 0.25) is 0 Å². The van der Waals surface area contributed by atoms with Gasteiger partial charge in [0.05, 0.1) is 0 Å². The zero-order valence-electron chi connectivity index (χ0n) is 5.52. The molecule has 0 radical (unpaired) electrons. The Morgan fingerprint density at radius 1 is 1.27 bits per heavy atom. The third-order valence-electron chi connectivity index (χ3n) is 1.22. The Balaban J connectivity index is 3.00. The van der Waals surface area contributed by atoms with Gasteiger partial charge in [0.15, 0.2) is 0 Å². The maximum absolute atomic E-state index is 10.4. The van der Waals surface area contributed by atoms with E-state index in [1.807, 2.05) is 0 Å². The summed E-state index contributed by atoms with van der Waals surface area (Å²) in [5.74, 6) is -0.953. The van der Waals surface area contributed by atoms with E-state index in [1.54, 1.807) is 12.1 Å². The Bertz CT molecular complexity index is 278. The van der Waals surface area contributed by atoms with Gasteiger partial charge in [0, 0.05) is 0 Å². The van der Waals surface area contributed by atoms with Gasteiger partial charge in [0.25, 0.3) is 0 Å². The van der Waals surface area contributed by atoms with E-state index in [-0.39, 0.29) is 5.56 Å². The molecule has 0 unspecified atom stereocenters. The normalized spacial score (nSPS) is 9.09. The Kier molecular flexibility index (Phi) is 2.77. The summed E-state index contributed by atoms with van der Waals surface area (Å²) in [4.78, 5) is 10.3. The third kappa shape index (κ3) is 2.12. The molecule has 0 atom stereocenters. The van der Waals surface area contributed by atoms with Gasteiger partial charge in [-0.15, -0.1) is 0 Å². The minimum absolute atomic E-state index is 0.234. The molecule has 0 aliphatic rings. The Hall–Kier alpha value is -0.692. The number of carboxylic acids is 1. The topological polar surface area (TPSA) is 54.4 Å². The van der Waals surface area contributed by atoms with Crippen LogP contribution in [0.3, 0.4) is 0 Å². The molecule has 0 aromatic heterocycles. The van der Waals surface area contributed by atoms with Crippen LogP contribution in [0.2, 0.25) is 0 Å². The number of rotatable bonds is 2. The van der Waals surface area contributed by atoms with Crippen molar-refractivity contribution in [3.63, 3.8) is 0 Å². The number of aromatic carboxylic acids is 1. The Labute approximate surface area is 74.0 Å². The van der Waals surface area contributed by atoms with Gasteiger partial charge in [-0.1, -0.05) is 0 Å². The van der Waals surface area contributed by atoms with Crippen LogP contribution in [0.15, 0.2) is 24.3 Å². The van der Waals surface area contributed by atoms with Crippen LogP contribution in [0.4, 0.5) is 0 Å². The summed E-state index contributed by atoms with van der Waals surface area (Å²) in [6.45, 7) is 0. The third-order valence-corrected chi connectivity index (χ3v) is 2.67. The SMILES string of the molecule is [O]=[Sb][c]1ccc(C(=O)O)cc1. The predicted molar refractivity (Wildman–Crippen MR) is 39.5 cm³/mol. The van der Waals surface area contributed by atoms with Crippen LogP contribution in [0.1, 0.15) is 10.4 Å². The molecule has 0 aliphatic heterocycles. The molecule has 56 valence electrons. The molecule has 1 N–H and O–H groups in total. The van der Waals surface area contributed by atoms with Crippen molar-refractivity contribution in [1.29, 1.82) is 0 Å². The van der Waals surface area contributed by atoms with Crippen molar-refractivity contribution < 1.29 is 12.9 Å². The average Bonchev–Trinajstić information content (AvgIpc) is 2.05. The zero-order chi connectivity index (χ0) is 8.27. The molecule has 0 saturated carbocycles. The van der Waals surface area contributed by atoms with E-state index in [2.05, 4.69) is 0 Å². The molecule has 0 aliphatic carbocycles. The quantitative estimate of drug-likeness (QED) is 0.764. The summed E-state index contributed by atoms with van der Waals surface area (Å²) in [5, 5.41) is 8.48. The van der Waals surface area contributed by atoms with E-state index < -0.39 is 27.6 Å². The molecule has 4 heteroatoms. The fourth-order valence-corrected chi connectivity index (χ4v) is 1.44. The number of carboxylic acid groups (broad SMARTS) is 1. The first-order valence-corrected chi connectivity index (χ1v) is 5.22. The molecule has 3 nitrogen and oxygen atoms in total. The van der Waals surface area contributed by atoms with Gasteiger partial charge in [-0.2, -0.15) is 0 Å². The van der Waals surface area contributed by atoms with Crippen LogP contribution in [-0.4, -0.2) is 32.7 Å². The van der Waals surface area contributed by atoms with E-state index in [4.69, 9.17) is 5.11 Å². The molecule has 0 bridgehead atoms. The number of carbonyl (C=O) groups is 1. The van der Waals surface area contributed by atoms with Crippen molar-refractivity contribution in [2.45, 2.75) is 0 Å². The van der Waals surface area contributed by atoms with Gasteiger partial charge in [0.1, 0.15) is 0 Å². The van der Waals surface area contributed by atoms with E-state index in [0.29, 0.717) is 0 Å². The van der Waals surface area contributed by atoms with E-state index in [9.17, 15) is 7.81 Å². The molecule has 11 heavy (non-hydrogen) atoms. The van der Waals surface area contributed by atoms with Crippen LogP contribution in [0, 0.1) is 0 Å². The van der Waals surface area contributed by atoms with Crippen molar-refractivity contribution in [2.75, 3.05) is 0 Å². The van der Waals surface area contributed by atoms with Crippen LogP contribution in [0.25, 0.3) is 0 Å². The Morgan fingerprint density at radius 2 is 1.82 bits per heavy atom. The van der Waals surface area contributed by atoms with Crippen molar-refractivity contribution >= 4 is 31.1 Å². The fourth-order valence-electron chi connectivity index (χ4n) is 0.665. The summed E-state index contributed by atoms with van der Waals surface area (Å²) in [7, 11) is 0. The molecule has 0 heterocycles. The summed E-state index contributed by atoms with van der Waals surface area (Å²) in [6, 6.07) is 6.11. The summed E-state index contributed by atoms with van der Waals surface area (Å²) < 4.78 is 11.2. The fraction of sp³-hybridized carbons (Fsp3) is 0. The Morgan fingerprint density at radius 3 is 2.18 bits per heavy atom. The van der Waals surface area contributed by atoms with Crippen molar-refractivity contribution in [3.8, 4) is 0 Å². The van der Waals surface area contributed by atoms with E-state index in [1.165, 1.54) is 12.1 Å². The van der Waals surface area contributed by atoms with Crippen molar-refractivity contribution in [3.05, 3.63) is 29.8 Å². The van der Waals surface area contributed by atoms with Gasteiger partial charge in [-0.25, -0.2) is 0 Å². The van der Waals surface area contributed by atoms with Crippen LogP contribution in [-0.2, 0) is 3.02 Å². The number of hydrogen-bond acceptors (Lipinski definition) is 2. The molecule has 0 spiro atoms. The first-order valence-electron chi connectivity index (χ1n) is 2.91. The van der Waals surface area contributed by atoms with Crippen LogP contribution >= 0.6 is 0 Å². The second-order valence-corrected chi connectivity index (χ2v) is 3.94. The minimum atomic E-state index is -1.48. The van der Waals surface area contributed by atoms with Gasteiger partial charge >= 0.3 is 73.8 Å². The van der Waals surface area contributed by atoms with Crippen molar-refractivity contribution in [1.82, 2.24) is 0 Å². The van der Waals surface area contributed by atoms with Crippen LogP contribution in [0.5, 0.6) is 0 Å². The molecular formula is C7H5O3Sb. The second kappa shape index (κ2) is 3.63. The van der Waals surface area contributed by atoms with E-state index >= 15 is 0 Å². The predicted octanol–water partition coefficient (Wildman–Crippen LogP) is 0.0598. The molecule has 0 saturated heterocycles. The summed E-state index contributed by atoms with van der Waals surface area (Å²) in [5.41, 5.74) is 0.234. The molecule has 0 fully saturated rings. The molecule has 0 amide bonds.